The second kappa shape index (κ2) is 41.9. The number of esters is 2. The van der Waals surface area contributed by atoms with Crippen LogP contribution in [0.1, 0.15) is 220 Å². The number of aromatic nitrogens is 2. The molecule has 438 valence electrons. The van der Waals surface area contributed by atoms with E-state index in [0.717, 1.165) is 80.9 Å². The van der Waals surface area contributed by atoms with Crippen LogP contribution in [-0.4, -0.2) is 96.9 Å². The summed E-state index contributed by atoms with van der Waals surface area (Å²) in [7, 11) is -10.9. The van der Waals surface area contributed by atoms with E-state index in [1.807, 2.05) is 37.3 Å². The summed E-state index contributed by atoms with van der Waals surface area (Å²) in [4.78, 5) is 62.1. The molecule has 9 atom stereocenters. The number of phosphoric acid groups is 2. The minimum atomic E-state index is -5.44. The van der Waals surface area contributed by atoms with E-state index in [1.165, 1.54) is 102 Å². The Morgan fingerprint density at radius 1 is 0.737 bits per heavy atom. The fourth-order valence-corrected chi connectivity index (χ4v) is 10.7. The van der Waals surface area contributed by atoms with Gasteiger partial charge < -0.3 is 45.1 Å². The fourth-order valence-electron chi connectivity index (χ4n) is 8.56. The summed E-state index contributed by atoms with van der Waals surface area (Å²) in [6, 6.07) is 1.25. The number of unbranched alkanes of at least 4 members (excludes halogenated alkanes) is 22. The molecule has 2 heterocycles. The number of carbonyl (C=O) groups excluding carboxylic acids is 2. The molecule has 1 aliphatic heterocycles. The minimum absolute atomic E-state index is 0.0382. The van der Waals surface area contributed by atoms with Crippen LogP contribution in [-0.2, 0) is 46.3 Å². The first kappa shape index (κ1) is 69.0. The SMILES string of the molecule is CC/C=C/CC(O)/C=C/C=C/CCCCCCCC(=O)OC[C@H](COP(=O)(O)OP(=O)(O)OC[C@H]1O[C@@H](n2ccc(N)nc2=O)[C@H](O)[C@@H]1O)OC(=O)CCCCCCCCCCCCCCCCCCCCC(C)CC. The zero-order valence-corrected chi connectivity index (χ0v) is 47.9. The lowest BCUT2D eigenvalue weighted by Gasteiger charge is -2.21. The Kier molecular flexibility index (Phi) is 38.1. The molecule has 1 fully saturated rings. The molecule has 0 amide bonds. The van der Waals surface area contributed by atoms with Crippen molar-refractivity contribution in [1.29, 1.82) is 0 Å². The number of hydrogen-bond acceptors (Lipinski definition) is 16. The smallest absolute Gasteiger partial charge is 0.462 e. The van der Waals surface area contributed by atoms with Crippen LogP contribution in [0.25, 0.3) is 0 Å². The average Bonchev–Trinajstić information content (AvgIpc) is 3.65. The van der Waals surface area contributed by atoms with Gasteiger partial charge in [0.05, 0.1) is 19.3 Å². The third kappa shape index (κ3) is 34.1. The summed E-state index contributed by atoms with van der Waals surface area (Å²) in [5.41, 5.74) is 4.59. The van der Waals surface area contributed by atoms with Crippen LogP contribution < -0.4 is 11.4 Å². The first-order valence-corrected chi connectivity index (χ1v) is 31.5. The zero-order chi connectivity index (χ0) is 55.9. The van der Waals surface area contributed by atoms with Gasteiger partial charge in [0.15, 0.2) is 12.3 Å². The largest absolute Gasteiger partial charge is 0.481 e. The molecule has 1 aliphatic rings. The van der Waals surface area contributed by atoms with Gasteiger partial charge in [-0.25, -0.2) is 13.9 Å². The lowest BCUT2D eigenvalue weighted by atomic mass is 9.99. The summed E-state index contributed by atoms with van der Waals surface area (Å²) in [6.07, 6.45) is 35.4. The number of nitrogens with zero attached hydrogens (tertiary/aromatic N) is 2. The van der Waals surface area contributed by atoms with Crippen LogP contribution in [0.2, 0.25) is 0 Å². The molecule has 2 rings (SSSR count). The van der Waals surface area contributed by atoms with Gasteiger partial charge in [0.2, 0.25) is 0 Å². The van der Waals surface area contributed by atoms with Gasteiger partial charge in [-0.2, -0.15) is 9.29 Å². The maximum Gasteiger partial charge on any atom is 0.481 e. The minimum Gasteiger partial charge on any atom is -0.462 e. The van der Waals surface area contributed by atoms with Crippen LogP contribution in [0, 0.1) is 5.92 Å². The lowest BCUT2D eigenvalue weighted by Crippen LogP contribution is -2.36. The number of anilines is 1. The van der Waals surface area contributed by atoms with Gasteiger partial charge in [-0.15, -0.1) is 0 Å². The van der Waals surface area contributed by atoms with E-state index < -0.39 is 89.8 Å². The maximum atomic E-state index is 12.9. The van der Waals surface area contributed by atoms with E-state index in [4.69, 9.17) is 29.0 Å². The van der Waals surface area contributed by atoms with E-state index >= 15 is 0 Å². The quantitative estimate of drug-likeness (QED) is 0.0116. The highest BCUT2D eigenvalue weighted by Gasteiger charge is 2.46. The summed E-state index contributed by atoms with van der Waals surface area (Å²) < 4.78 is 56.9. The Morgan fingerprint density at radius 2 is 1.28 bits per heavy atom. The maximum absolute atomic E-state index is 12.9. The van der Waals surface area contributed by atoms with E-state index in [-0.39, 0.29) is 18.7 Å². The number of aliphatic hydroxyl groups is 3. The Labute approximate surface area is 453 Å². The number of ether oxygens (including phenoxy) is 3. The molecule has 1 aromatic heterocycles. The van der Waals surface area contributed by atoms with Crippen LogP contribution in [0.3, 0.4) is 0 Å². The van der Waals surface area contributed by atoms with Crippen LogP contribution in [0.15, 0.2) is 53.5 Å². The average molecular weight is 1120 g/mol. The number of allylic oxidation sites excluding steroid dienone is 4. The van der Waals surface area contributed by atoms with Crippen molar-refractivity contribution in [2.45, 2.75) is 250 Å². The molecule has 0 aliphatic carbocycles. The summed E-state index contributed by atoms with van der Waals surface area (Å²) in [5, 5.41) is 30.9. The third-order valence-electron chi connectivity index (χ3n) is 13.4. The summed E-state index contributed by atoms with van der Waals surface area (Å²) >= 11 is 0. The van der Waals surface area contributed by atoms with Gasteiger partial charge in [0.25, 0.3) is 0 Å². The molecule has 0 radical (unpaired) electrons. The van der Waals surface area contributed by atoms with E-state index in [0.29, 0.717) is 19.3 Å². The number of aliphatic hydroxyl groups excluding tert-OH is 3. The number of nitrogens with two attached hydrogens (primary N) is 1. The first-order chi connectivity index (χ1) is 36.5. The van der Waals surface area contributed by atoms with Crippen molar-refractivity contribution in [2.75, 3.05) is 25.6 Å². The molecule has 0 spiro atoms. The molecular weight excluding hydrogens is 1020 g/mol. The van der Waals surface area contributed by atoms with Crippen molar-refractivity contribution in [3.8, 4) is 0 Å². The molecule has 0 aromatic carbocycles. The van der Waals surface area contributed by atoms with Gasteiger partial charge in [-0.3, -0.25) is 23.2 Å². The molecule has 1 aromatic rings. The molecule has 0 saturated carbocycles. The van der Waals surface area contributed by atoms with Crippen molar-refractivity contribution in [3.05, 3.63) is 59.2 Å². The van der Waals surface area contributed by atoms with Crippen LogP contribution in [0.4, 0.5) is 5.82 Å². The van der Waals surface area contributed by atoms with Gasteiger partial charge >= 0.3 is 33.3 Å². The van der Waals surface area contributed by atoms with E-state index in [2.05, 4.69) is 23.1 Å². The Balaban J connectivity index is 1.75. The topological polar surface area (TPSA) is 286 Å². The van der Waals surface area contributed by atoms with Gasteiger partial charge in [-0.1, -0.05) is 198 Å². The normalized spacial score (nSPS) is 19.8. The lowest BCUT2D eigenvalue weighted by molar-refractivity contribution is -0.161. The number of carbonyl (C=O) groups is 2. The van der Waals surface area contributed by atoms with E-state index in [1.54, 1.807) is 6.08 Å². The second-order valence-electron chi connectivity index (χ2n) is 20.2. The molecule has 76 heavy (non-hydrogen) atoms. The van der Waals surface area contributed by atoms with Gasteiger partial charge in [0.1, 0.15) is 30.7 Å². The van der Waals surface area contributed by atoms with Gasteiger partial charge in [-0.05, 0) is 50.5 Å². The molecule has 4 unspecified atom stereocenters. The number of nitrogen functional groups attached to an aromatic ring is 1. The summed E-state index contributed by atoms with van der Waals surface area (Å²) in [6.45, 7) is 4.33. The number of rotatable bonds is 47. The molecule has 19 nitrogen and oxygen atoms in total. The number of hydrogen-bond donors (Lipinski definition) is 6. The second-order valence-corrected chi connectivity index (χ2v) is 23.3. The Bertz CT molecular complexity index is 1950. The first-order valence-electron chi connectivity index (χ1n) is 28.5. The monoisotopic (exact) mass is 1120 g/mol. The zero-order valence-electron chi connectivity index (χ0n) is 46.1. The molecule has 7 N–H and O–H groups in total. The van der Waals surface area contributed by atoms with Crippen molar-refractivity contribution in [2.24, 2.45) is 5.92 Å². The molecule has 21 heteroatoms. The van der Waals surface area contributed by atoms with Crippen molar-refractivity contribution < 1.29 is 71.4 Å². The predicted molar refractivity (Wildman–Crippen MR) is 295 cm³/mol. The molecule has 0 bridgehead atoms. The third-order valence-corrected chi connectivity index (χ3v) is 16.0. The van der Waals surface area contributed by atoms with Crippen molar-refractivity contribution in [3.63, 3.8) is 0 Å². The highest BCUT2D eigenvalue weighted by Crippen LogP contribution is 2.60. The Hall–Kier alpha value is -3.06. The standard InChI is InChI=1S/C55H97N3O16P2/c1-4-6-30-36-46(59)37-32-27-23-19-17-21-24-28-33-38-50(60)69-42-47(72-51(61)39-34-29-25-20-16-14-12-10-8-7-9-11-13-15-18-22-26-31-35-45(3)5-2)43-70-75(65,66)74-76(67,68)71-44-48-52(62)53(63)54(73-48)58-41-40-49(56)57-55(58)64/h6,23,27,30,32,37,40-41,45-48,52-54,59,62-63H,4-5,7-22,24-26,28-29,31,33-36,38-39,42-44H2,1-3H3,(H,65,66)(H,67,68)(H2,56,57,64)/b27-23+,30-6+,37-32+/t45?,46?,47-,48-,52-,53-,54-/m1/s1. The fraction of sp³-hybridized carbons (Fsp3) is 0.782. The highest BCUT2D eigenvalue weighted by atomic mass is 31.3. The van der Waals surface area contributed by atoms with E-state index in [9.17, 15) is 48.6 Å². The van der Waals surface area contributed by atoms with Gasteiger partial charge in [0, 0.05) is 19.0 Å². The Morgan fingerprint density at radius 3 is 1.84 bits per heavy atom. The molecular formula is C55H97N3O16P2. The number of phosphoric ester groups is 2. The summed E-state index contributed by atoms with van der Waals surface area (Å²) in [5.74, 6) is -0.477. The van der Waals surface area contributed by atoms with Crippen LogP contribution >= 0.6 is 15.6 Å². The van der Waals surface area contributed by atoms with Crippen molar-refractivity contribution in [1.82, 2.24) is 9.55 Å². The van der Waals surface area contributed by atoms with Crippen LogP contribution in [0.5, 0.6) is 0 Å². The van der Waals surface area contributed by atoms with Crippen molar-refractivity contribution >= 4 is 33.4 Å². The molecule has 1 saturated heterocycles. The predicted octanol–water partition coefficient (Wildman–Crippen LogP) is 11.6. The highest BCUT2D eigenvalue weighted by molar-refractivity contribution is 7.61.